The highest BCUT2D eigenvalue weighted by Gasteiger charge is 2.41. The largest absolute Gasteiger partial charge is 0.497 e. The summed E-state index contributed by atoms with van der Waals surface area (Å²) in [6, 6.07) is 11.1. The van der Waals surface area contributed by atoms with Gasteiger partial charge in [0.15, 0.2) is 0 Å². The zero-order valence-corrected chi connectivity index (χ0v) is 14.9. The fourth-order valence-corrected chi connectivity index (χ4v) is 2.81. The van der Waals surface area contributed by atoms with E-state index in [4.69, 9.17) is 16.4 Å². The standard InChI is InChI=1S/C18H20F2N6O/c1-11-15-8-5-13(9-16(15)25-24-11)18(19,20)17(23-21)26(22)10-12-3-6-14(27-2)7-4-12/h3-9H,10,21-22H2,1-2H3,(H,24,25)/b23-17-. The summed E-state index contributed by atoms with van der Waals surface area (Å²) in [5.41, 5.74) is 1.64. The molecular weight excluding hydrogens is 354 g/mol. The SMILES string of the molecule is COc1ccc(CN(N)/C(=N\N)C(F)(F)c2ccc3c(C)[nH]nc3c2)cc1. The second kappa shape index (κ2) is 7.20. The molecule has 0 saturated carbocycles. The van der Waals surface area contributed by atoms with Crippen LogP contribution in [-0.2, 0) is 12.5 Å². The summed E-state index contributed by atoms with van der Waals surface area (Å²) >= 11 is 0. The molecule has 0 aliphatic carbocycles. The van der Waals surface area contributed by atoms with Crippen molar-refractivity contribution in [3.8, 4) is 5.75 Å². The molecule has 9 heteroatoms. The quantitative estimate of drug-likeness (QED) is 0.276. The van der Waals surface area contributed by atoms with Crippen LogP contribution in [-0.4, -0.2) is 28.2 Å². The highest BCUT2D eigenvalue weighted by atomic mass is 19.3. The van der Waals surface area contributed by atoms with Gasteiger partial charge in [0.2, 0.25) is 5.84 Å². The van der Waals surface area contributed by atoms with Crippen LogP contribution in [0.1, 0.15) is 16.8 Å². The minimum Gasteiger partial charge on any atom is -0.497 e. The number of rotatable bonds is 5. The van der Waals surface area contributed by atoms with Crippen molar-refractivity contribution < 1.29 is 13.5 Å². The zero-order valence-electron chi connectivity index (χ0n) is 14.9. The number of hydrazone groups is 1. The topological polar surface area (TPSA) is 106 Å². The molecular formula is C18H20F2N6O. The number of fused-ring (bicyclic) bond motifs is 1. The Labute approximate surface area is 154 Å². The van der Waals surface area contributed by atoms with Crippen molar-refractivity contribution in [1.29, 1.82) is 0 Å². The van der Waals surface area contributed by atoms with Gasteiger partial charge < -0.3 is 10.6 Å². The first-order chi connectivity index (χ1) is 12.9. The fourth-order valence-electron chi connectivity index (χ4n) is 2.81. The first-order valence-corrected chi connectivity index (χ1v) is 8.13. The summed E-state index contributed by atoms with van der Waals surface area (Å²) in [5, 5.41) is 11.7. The number of halogens is 2. The number of aromatic amines is 1. The molecule has 0 aliphatic rings. The molecule has 27 heavy (non-hydrogen) atoms. The van der Waals surface area contributed by atoms with E-state index in [0.29, 0.717) is 16.8 Å². The number of nitrogens with one attached hydrogen (secondary N) is 1. The molecule has 3 rings (SSSR count). The lowest BCUT2D eigenvalue weighted by atomic mass is 10.0. The maximum absolute atomic E-state index is 15.0. The number of methoxy groups -OCH3 is 1. The van der Waals surface area contributed by atoms with Gasteiger partial charge in [0, 0.05) is 16.6 Å². The number of ether oxygens (including phenoxy) is 1. The lowest BCUT2D eigenvalue weighted by Gasteiger charge is -2.26. The summed E-state index contributed by atoms with van der Waals surface area (Å²) in [6.07, 6.45) is 0. The highest BCUT2D eigenvalue weighted by molar-refractivity contribution is 5.91. The van der Waals surface area contributed by atoms with Crippen molar-refractivity contribution in [3.05, 3.63) is 59.3 Å². The van der Waals surface area contributed by atoms with E-state index in [1.165, 1.54) is 12.1 Å². The summed E-state index contributed by atoms with van der Waals surface area (Å²) in [6.45, 7) is 1.82. The number of hydrogen-bond acceptors (Lipinski definition) is 5. The number of nitrogens with zero attached hydrogens (tertiary/aromatic N) is 3. The molecule has 0 saturated heterocycles. The van der Waals surface area contributed by atoms with Gasteiger partial charge in [-0.1, -0.05) is 24.3 Å². The number of aryl methyl sites for hydroxylation is 1. The Morgan fingerprint density at radius 2 is 1.96 bits per heavy atom. The van der Waals surface area contributed by atoms with Crippen LogP contribution in [0.2, 0.25) is 0 Å². The summed E-state index contributed by atoms with van der Waals surface area (Å²) in [7, 11) is 1.54. The third-order valence-electron chi connectivity index (χ3n) is 4.30. The van der Waals surface area contributed by atoms with Gasteiger partial charge >= 0.3 is 5.92 Å². The first kappa shape index (κ1) is 18.6. The molecule has 0 atom stereocenters. The molecule has 0 amide bonds. The molecule has 0 radical (unpaired) electrons. The third-order valence-corrected chi connectivity index (χ3v) is 4.30. The zero-order chi connectivity index (χ0) is 19.6. The molecule has 0 aliphatic heterocycles. The Kier molecular flexibility index (Phi) is 4.95. The predicted molar refractivity (Wildman–Crippen MR) is 99.1 cm³/mol. The summed E-state index contributed by atoms with van der Waals surface area (Å²) < 4.78 is 35.1. The van der Waals surface area contributed by atoms with Crippen LogP contribution in [0.15, 0.2) is 47.6 Å². The van der Waals surface area contributed by atoms with Gasteiger partial charge in [-0.05, 0) is 30.7 Å². The monoisotopic (exact) mass is 374 g/mol. The van der Waals surface area contributed by atoms with Crippen molar-refractivity contribution >= 4 is 16.7 Å². The van der Waals surface area contributed by atoms with Gasteiger partial charge in [0.25, 0.3) is 0 Å². The molecule has 0 bridgehead atoms. The number of amidine groups is 1. The smallest absolute Gasteiger partial charge is 0.332 e. The summed E-state index contributed by atoms with van der Waals surface area (Å²) in [4.78, 5) is 0. The lowest BCUT2D eigenvalue weighted by Crippen LogP contribution is -2.46. The number of nitrogens with two attached hydrogens (primary N) is 2. The van der Waals surface area contributed by atoms with Crippen molar-refractivity contribution in [2.45, 2.75) is 19.4 Å². The Morgan fingerprint density at radius 1 is 1.26 bits per heavy atom. The molecule has 142 valence electrons. The predicted octanol–water partition coefficient (Wildman–Crippen LogP) is 2.62. The van der Waals surface area contributed by atoms with Crippen LogP contribution in [0.4, 0.5) is 8.78 Å². The molecule has 0 unspecified atom stereocenters. The van der Waals surface area contributed by atoms with Gasteiger partial charge in [-0.2, -0.15) is 19.0 Å². The van der Waals surface area contributed by atoms with Gasteiger partial charge in [0.05, 0.1) is 19.2 Å². The molecule has 5 N–H and O–H groups in total. The Balaban J connectivity index is 1.86. The van der Waals surface area contributed by atoms with Crippen molar-refractivity contribution in [3.63, 3.8) is 0 Å². The van der Waals surface area contributed by atoms with E-state index in [1.54, 1.807) is 37.4 Å². The molecule has 7 nitrogen and oxygen atoms in total. The first-order valence-electron chi connectivity index (χ1n) is 8.13. The number of alkyl halides is 2. The molecule has 3 aromatic rings. The fraction of sp³-hybridized carbons (Fsp3) is 0.222. The number of H-pyrrole nitrogens is 1. The molecule has 0 fully saturated rings. The average Bonchev–Trinajstić information content (AvgIpc) is 3.03. The number of hydrogen-bond donors (Lipinski definition) is 3. The van der Waals surface area contributed by atoms with E-state index >= 15 is 8.78 Å². The second-order valence-electron chi connectivity index (χ2n) is 6.08. The number of benzene rings is 2. The highest BCUT2D eigenvalue weighted by Crippen LogP contribution is 2.33. The normalized spacial score (nSPS) is 12.4. The maximum Gasteiger partial charge on any atom is 0.332 e. The Morgan fingerprint density at radius 3 is 2.59 bits per heavy atom. The number of aromatic nitrogens is 2. The Hall–Kier alpha value is -3.20. The van der Waals surface area contributed by atoms with Crippen LogP contribution in [0.25, 0.3) is 10.9 Å². The van der Waals surface area contributed by atoms with E-state index in [2.05, 4.69) is 15.3 Å². The molecule has 0 spiro atoms. The van der Waals surface area contributed by atoms with Crippen LogP contribution < -0.4 is 16.4 Å². The van der Waals surface area contributed by atoms with Gasteiger partial charge in [-0.3, -0.25) is 10.1 Å². The van der Waals surface area contributed by atoms with Crippen molar-refractivity contribution in [1.82, 2.24) is 15.2 Å². The lowest BCUT2D eigenvalue weighted by molar-refractivity contribution is 0.0584. The molecule has 1 heterocycles. The van der Waals surface area contributed by atoms with Crippen molar-refractivity contribution in [2.75, 3.05) is 7.11 Å². The van der Waals surface area contributed by atoms with Crippen LogP contribution >= 0.6 is 0 Å². The summed E-state index contributed by atoms with van der Waals surface area (Å²) in [5.74, 6) is 7.54. The van der Waals surface area contributed by atoms with Crippen LogP contribution in [0.3, 0.4) is 0 Å². The minimum absolute atomic E-state index is 0.000620. The van der Waals surface area contributed by atoms with Gasteiger partial charge in [-0.15, -0.1) is 0 Å². The average molecular weight is 374 g/mol. The van der Waals surface area contributed by atoms with Crippen LogP contribution in [0, 0.1) is 6.92 Å². The second-order valence-corrected chi connectivity index (χ2v) is 6.08. The Bertz CT molecular complexity index is 968. The van der Waals surface area contributed by atoms with Crippen molar-refractivity contribution in [2.24, 2.45) is 16.8 Å². The van der Waals surface area contributed by atoms with E-state index in [1.807, 2.05) is 6.92 Å². The van der Waals surface area contributed by atoms with E-state index in [0.717, 1.165) is 16.1 Å². The van der Waals surface area contributed by atoms with E-state index < -0.39 is 11.8 Å². The van der Waals surface area contributed by atoms with E-state index in [9.17, 15) is 0 Å². The van der Waals surface area contributed by atoms with Gasteiger partial charge in [-0.25, -0.2) is 5.84 Å². The van der Waals surface area contributed by atoms with Gasteiger partial charge in [0.1, 0.15) is 5.75 Å². The third kappa shape index (κ3) is 3.54. The van der Waals surface area contributed by atoms with E-state index in [-0.39, 0.29) is 12.1 Å². The number of hydrazine groups is 1. The molecule has 2 aromatic carbocycles. The van der Waals surface area contributed by atoms with Crippen LogP contribution in [0.5, 0.6) is 5.75 Å². The maximum atomic E-state index is 15.0. The molecule has 1 aromatic heterocycles. The minimum atomic E-state index is -3.49.